The highest BCUT2D eigenvalue weighted by atomic mass is 16.3. The summed E-state index contributed by atoms with van der Waals surface area (Å²) in [6.07, 6.45) is 3.37. The van der Waals surface area contributed by atoms with E-state index >= 15 is 0 Å². The van der Waals surface area contributed by atoms with Crippen LogP contribution in [0.3, 0.4) is 0 Å². The lowest BCUT2D eigenvalue weighted by Crippen LogP contribution is -2.14. The molecule has 2 aromatic heterocycles. The molecule has 0 bridgehead atoms. The van der Waals surface area contributed by atoms with Gasteiger partial charge in [0.25, 0.3) is 0 Å². The second-order valence-electron chi connectivity index (χ2n) is 4.22. The third-order valence-electron chi connectivity index (χ3n) is 3.21. The minimum absolute atomic E-state index is 0.202. The van der Waals surface area contributed by atoms with Gasteiger partial charge < -0.3 is 10.2 Å². The minimum Gasteiger partial charge on any atom is -0.390 e. The normalized spacial score (nSPS) is 16.4. The topological polar surface area (TPSA) is 97.0 Å². The number of aliphatic hydroxyl groups is 2. The molecule has 0 unspecified atom stereocenters. The van der Waals surface area contributed by atoms with Gasteiger partial charge in [0.05, 0.1) is 12.3 Å². The number of fused-ring (bicyclic) bond motifs is 1. The summed E-state index contributed by atoms with van der Waals surface area (Å²) >= 11 is 0. The summed E-state index contributed by atoms with van der Waals surface area (Å²) in [6.45, 7) is -0.498. The molecule has 0 amide bonds. The van der Waals surface area contributed by atoms with Crippen LogP contribution in [0.1, 0.15) is 36.7 Å². The van der Waals surface area contributed by atoms with Gasteiger partial charge >= 0.3 is 0 Å². The number of aromatic nitrogens is 5. The number of hydrogen-bond donors (Lipinski definition) is 2. The molecule has 0 aliphatic heterocycles. The van der Waals surface area contributed by atoms with Gasteiger partial charge in [-0.05, 0) is 12.8 Å². The van der Waals surface area contributed by atoms with Crippen molar-refractivity contribution in [1.82, 2.24) is 25.0 Å². The van der Waals surface area contributed by atoms with Gasteiger partial charge in [0.15, 0.2) is 0 Å². The molecule has 1 aliphatic rings. The van der Waals surface area contributed by atoms with E-state index in [2.05, 4.69) is 20.3 Å². The summed E-state index contributed by atoms with van der Waals surface area (Å²) in [5.74, 6) is 1.11. The number of nitrogens with zero attached hydrogens (tertiary/aromatic N) is 5. The molecule has 1 aliphatic carbocycles. The van der Waals surface area contributed by atoms with Crippen LogP contribution in [0.25, 0.3) is 11.2 Å². The van der Waals surface area contributed by atoms with Crippen molar-refractivity contribution in [3.8, 4) is 0 Å². The first-order valence-electron chi connectivity index (χ1n) is 5.65. The molecule has 2 N–H and O–H groups in total. The monoisotopic (exact) mass is 235 g/mol. The minimum atomic E-state index is -0.296. The molecule has 90 valence electrons. The van der Waals surface area contributed by atoms with E-state index in [0.717, 1.165) is 18.7 Å². The van der Waals surface area contributed by atoms with E-state index in [4.69, 9.17) is 5.11 Å². The Hall–Kier alpha value is -1.60. The average molecular weight is 235 g/mol. The summed E-state index contributed by atoms with van der Waals surface area (Å²) in [7, 11) is 0. The van der Waals surface area contributed by atoms with Crippen molar-refractivity contribution >= 4 is 11.2 Å². The first kappa shape index (κ1) is 10.5. The zero-order chi connectivity index (χ0) is 11.8. The number of aliphatic hydroxyl groups excluding tert-OH is 2. The van der Waals surface area contributed by atoms with Gasteiger partial charge in [0.1, 0.15) is 18.1 Å². The molecule has 0 spiro atoms. The van der Waals surface area contributed by atoms with Crippen LogP contribution in [0.5, 0.6) is 0 Å². The zero-order valence-corrected chi connectivity index (χ0v) is 9.24. The predicted molar refractivity (Wildman–Crippen MR) is 57.9 cm³/mol. The Morgan fingerprint density at radius 3 is 2.65 bits per heavy atom. The van der Waals surface area contributed by atoms with E-state index in [-0.39, 0.29) is 13.3 Å². The largest absolute Gasteiger partial charge is 0.390 e. The van der Waals surface area contributed by atoms with Crippen LogP contribution < -0.4 is 0 Å². The van der Waals surface area contributed by atoms with Gasteiger partial charge in [-0.25, -0.2) is 14.6 Å². The molecular formula is C10H13N5O2. The van der Waals surface area contributed by atoms with E-state index in [9.17, 15) is 5.11 Å². The van der Waals surface area contributed by atoms with Crippen LogP contribution in [0.4, 0.5) is 0 Å². The third-order valence-corrected chi connectivity index (χ3v) is 3.21. The molecule has 3 rings (SSSR count). The Bertz CT molecular complexity index is 549. The van der Waals surface area contributed by atoms with Crippen LogP contribution in [-0.2, 0) is 13.3 Å². The maximum Gasteiger partial charge on any atom is 0.205 e. The van der Waals surface area contributed by atoms with E-state index < -0.39 is 0 Å². The Labute approximate surface area is 97.1 Å². The van der Waals surface area contributed by atoms with Gasteiger partial charge in [0.2, 0.25) is 5.65 Å². The van der Waals surface area contributed by atoms with Crippen LogP contribution >= 0.6 is 0 Å². The molecule has 2 heterocycles. The summed E-state index contributed by atoms with van der Waals surface area (Å²) in [5.41, 5.74) is 1.44. The summed E-state index contributed by atoms with van der Waals surface area (Å²) in [5, 5.41) is 26.1. The molecule has 2 aromatic rings. The van der Waals surface area contributed by atoms with Crippen molar-refractivity contribution in [1.29, 1.82) is 0 Å². The van der Waals surface area contributed by atoms with E-state index in [0.29, 0.717) is 22.8 Å². The van der Waals surface area contributed by atoms with Gasteiger partial charge in [-0.1, -0.05) is 11.6 Å². The molecule has 7 nitrogen and oxygen atoms in total. The number of rotatable bonds is 3. The lowest BCUT2D eigenvalue weighted by Gasteiger charge is -2.23. The Balaban J connectivity index is 2.16. The highest BCUT2D eigenvalue weighted by molar-refractivity contribution is 5.72. The third kappa shape index (κ3) is 1.58. The predicted octanol–water partition coefficient (Wildman–Crippen LogP) is -0.0691. The molecule has 0 atom stereocenters. The smallest absolute Gasteiger partial charge is 0.205 e. The summed E-state index contributed by atoms with van der Waals surface area (Å²) in [4.78, 5) is 8.70. The first-order valence-corrected chi connectivity index (χ1v) is 5.65. The number of hydrogen-bond acceptors (Lipinski definition) is 6. The van der Waals surface area contributed by atoms with Gasteiger partial charge in [-0.15, -0.1) is 5.10 Å². The second kappa shape index (κ2) is 4.01. The van der Waals surface area contributed by atoms with Crippen LogP contribution in [0.15, 0.2) is 0 Å². The van der Waals surface area contributed by atoms with Gasteiger partial charge in [-0.3, -0.25) is 0 Å². The van der Waals surface area contributed by atoms with Crippen LogP contribution in [0, 0.1) is 0 Å². The molecular weight excluding hydrogens is 222 g/mol. The molecule has 1 fully saturated rings. The van der Waals surface area contributed by atoms with E-state index in [1.807, 2.05) is 0 Å². The van der Waals surface area contributed by atoms with Gasteiger partial charge in [-0.2, -0.15) is 0 Å². The fraction of sp³-hybridized carbons (Fsp3) is 0.600. The Kier molecular flexibility index (Phi) is 2.49. The maximum atomic E-state index is 9.33. The Morgan fingerprint density at radius 2 is 2.06 bits per heavy atom. The SMILES string of the molecule is OCc1nc(C2CCC2)nc2nnn(CO)c12. The van der Waals surface area contributed by atoms with Crippen molar-refractivity contribution in [3.05, 3.63) is 11.5 Å². The van der Waals surface area contributed by atoms with Crippen molar-refractivity contribution in [2.24, 2.45) is 0 Å². The summed E-state index contributed by atoms with van der Waals surface area (Å²) < 4.78 is 1.28. The quantitative estimate of drug-likeness (QED) is 0.773. The molecule has 17 heavy (non-hydrogen) atoms. The van der Waals surface area contributed by atoms with Crippen molar-refractivity contribution < 1.29 is 10.2 Å². The standard InChI is InChI=1S/C10H13N5O2/c16-4-7-8-10(13-14-15(8)5-17)12-9(11-7)6-2-1-3-6/h6,16-17H,1-5H2. The van der Waals surface area contributed by atoms with E-state index in [1.54, 1.807) is 0 Å². The molecule has 1 saturated carbocycles. The highest BCUT2D eigenvalue weighted by Gasteiger charge is 2.24. The lowest BCUT2D eigenvalue weighted by atomic mass is 9.85. The molecule has 0 aromatic carbocycles. The zero-order valence-electron chi connectivity index (χ0n) is 9.24. The van der Waals surface area contributed by atoms with E-state index in [1.165, 1.54) is 11.1 Å². The van der Waals surface area contributed by atoms with Crippen molar-refractivity contribution in [2.75, 3.05) is 0 Å². The van der Waals surface area contributed by atoms with Crippen molar-refractivity contribution in [3.63, 3.8) is 0 Å². The second-order valence-corrected chi connectivity index (χ2v) is 4.22. The fourth-order valence-corrected chi connectivity index (χ4v) is 2.04. The van der Waals surface area contributed by atoms with Crippen LogP contribution in [-0.4, -0.2) is 35.2 Å². The molecule has 7 heteroatoms. The first-order chi connectivity index (χ1) is 8.33. The van der Waals surface area contributed by atoms with Gasteiger partial charge in [0, 0.05) is 5.92 Å². The average Bonchev–Trinajstić information content (AvgIpc) is 2.68. The maximum absolute atomic E-state index is 9.33. The fourth-order valence-electron chi connectivity index (χ4n) is 2.04. The van der Waals surface area contributed by atoms with Crippen LogP contribution in [0.2, 0.25) is 0 Å². The molecule has 0 saturated heterocycles. The lowest BCUT2D eigenvalue weighted by molar-refractivity contribution is 0.196. The Morgan fingerprint density at radius 1 is 1.24 bits per heavy atom. The highest BCUT2D eigenvalue weighted by Crippen LogP contribution is 2.35. The summed E-state index contributed by atoms with van der Waals surface area (Å²) in [6, 6.07) is 0. The van der Waals surface area contributed by atoms with Crippen molar-refractivity contribution in [2.45, 2.75) is 38.5 Å². The molecule has 0 radical (unpaired) electrons.